The van der Waals surface area contributed by atoms with Crippen LogP contribution in [0.3, 0.4) is 0 Å². The number of rotatable bonds is 7. The maximum atomic E-state index is 12.4. The van der Waals surface area contributed by atoms with Gasteiger partial charge in [0, 0.05) is 17.9 Å². The third-order valence-corrected chi connectivity index (χ3v) is 5.93. The second-order valence-electron chi connectivity index (χ2n) is 7.65. The lowest BCUT2D eigenvalue weighted by molar-refractivity contribution is -0.130. The molecule has 1 N–H and O–H groups in total. The minimum atomic E-state index is -0.862. The summed E-state index contributed by atoms with van der Waals surface area (Å²) in [5.74, 6) is 1.84. The highest BCUT2D eigenvalue weighted by atomic mass is 32.2. The Hall–Kier alpha value is -3.07. The molecule has 3 amide bonds. The van der Waals surface area contributed by atoms with Gasteiger partial charge in [0.05, 0.1) is 12.8 Å². The average Bonchev–Trinajstić information content (AvgIpc) is 3.39. The summed E-state index contributed by atoms with van der Waals surface area (Å²) in [4.78, 5) is 25.7. The summed E-state index contributed by atoms with van der Waals surface area (Å²) in [6.07, 6.45) is 1.64. The molecule has 1 fully saturated rings. The summed E-state index contributed by atoms with van der Waals surface area (Å²) in [6.45, 7) is 6.23. The number of hydrogen-bond acceptors (Lipinski definition) is 6. The molecule has 0 bridgehead atoms. The van der Waals surface area contributed by atoms with Gasteiger partial charge < -0.3 is 9.73 Å². The Morgan fingerprint density at radius 3 is 2.60 bits per heavy atom. The Morgan fingerprint density at radius 2 is 1.93 bits per heavy atom. The highest BCUT2D eigenvalue weighted by molar-refractivity contribution is 7.99. The van der Waals surface area contributed by atoms with Crippen molar-refractivity contribution < 1.29 is 14.0 Å². The predicted molar refractivity (Wildman–Crippen MR) is 113 cm³/mol. The number of carbonyl (C=O) groups is 2. The van der Waals surface area contributed by atoms with Crippen LogP contribution in [-0.4, -0.2) is 49.4 Å². The molecule has 4 rings (SSSR count). The Labute approximate surface area is 178 Å². The van der Waals surface area contributed by atoms with Gasteiger partial charge in [-0.05, 0) is 38.5 Å². The maximum absolute atomic E-state index is 12.4. The van der Waals surface area contributed by atoms with Gasteiger partial charge >= 0.3 is 6.03 Å². The second kappa shape index (κ2) is 7.98. The van der Waals surface area contributed by atoms with Gasteiger partial charge in [0.1, 0.15) is 11.3 Å². The van der Waals surface area contributed by atoms with E-state index in [2.05, 4.69) is 15.5 Å². The molecule has 0 saturated carbocycles. The number of carbonyl (C=O) groups excluding carboxylic acids is 2. The van der Waals surface area contributed by atoms with E-state index in [0.29, 0.717) is 24.0 Å². The molecule has 156 valence electrons. The Morgan fingerprint density at radius 1 is 1.13 bits per heavy atom. The van der Waals surface area contributed by atoms with E-state index in [9.17, 15) is 9.59 Å². The fourth-order valence-corrected chi connectivity index (χ4v) is 4.23. The molecule has 0 spiro atoms. The molecule has 0 radical (unpaired) electrons. The molecule has 9 heteroatoms. The van der Waals surface area contributed by atoms with Crippen molar-refractivity contribution >= 4 is 23.7 Å². The summed E-state index contributed by atoms with van der Waals surface area (Å²) in [6, 6.07) is 11.4. The first-order chi connectivity index (χ1) is 14.4. The summed E-state index contributed by atoms with van der Waals surface area (Å²) < 4.78 is 7.53. The quantitative estimate of drug-likeness (QED) is 0.461. The number of urea groups is 1. The van der Waals surface area contributed by atoms with Gasteiger partial charge in [0.25, 0.3) is 5.91 Å². The van der Waals surface area contributed by atoms with E-state index >= 15 is 0 Å². The largest absolute Gasteiger partial charge is 0.467 e. The Balaban J connectivity index is 1.55. The first-order valence-corrected chi connectivity index (χ1v) is 10.6. The topological polar surface area (TPSA) is 93.3 Å². The molecule has 0 atom stereocenters. The monoisotopic (exact) mass is 425 g/mol. The fourth-order valence-electron chi connectivity index (χ4n) is 3.37. The van der Waals surface area contributed by atoms with Crippen LogP contribution in [0.4, 0.5) is 4.79 Å². The van der Waals surface area contributed by atoms with Crippen LogP contribution in [0.2, 0.25) is 0 Å². The average molecular weight is 426 g/mol. The molecule has 1 saturated heterocycles. The van der Waals surface area contributed by atoms with Crippen molar-refractivity contribution in [2.45, 2.75) is 38.0 Å². The molecule has 8 nitrogen and oxygen atoms in total. The van der Waals surface area contributed by atoms with Gasteiger partial charge in [-0.25, -0.2) is 4.79 Å². The molecular formula is C21H23N5O3S. The number of aryl methyl sites for hydroxylation is 1. The van der Waals surface area contributed by atoms with Crippen molar-refractivity contribution in [3.8, 4) is 11.4 Å². The van der Waals surface area contributed by atoms with E-state index in [-0.39, 0.29) is 11.9 Å². The summed E-state index contributed by atoms with van der Waals surface area (Å²) in [7, 11) is 0. The molecule has 2 aromatic heterocycles. The van der Waals surface area contributed by atoms with Gasteiger partial charge in [-0.15, -0.1) is 10.2 Å². The fraction of sp³-hybridized carbons (Fsp3) is 0.333. The lowest BCUT2D eigenvalue weighted by atomic mass is 10.1. The zero-order valence-corrected chi connectivity index (χ0v) is 17.9. The SMILES string of the molecule is Cc1ccccc1-c1nnc(SCCN2C(=O)NC(C)(C)C2=O)n1Cc1ccco1. The zero-order chi connectivity index (χ0) is 21.3. The highest BCUT2D eigenvalue weighted by Gasteiger charge is 2.43. The molecule has 3 aromatic rings. The van der Waals surface area contributed by atoms with Crippen molar-refractivity contribution in [1.82, 2.24) is 25.0 Å². The van der Waals surface area contributed by atoms with Crippen LogP contribution >= 0.6 is 11.8 Å². The number of furan rings is 1. The third-order valence-electron chi connectivity index (χ3n) is 4.99. The number of benzene rings is 1. The van der Waals surface area contributed by atoms with E-state index in [1.165, 1.54) is 16.7 Å². The molecule has 1 aliphatic heterocycles. The molecule has 1 aromatic carbocycles. The molecule has 30 heavy (non-hydrogen) atoms. The van der Waals surface area contributed by atoms with Gasteiger partial charge in [0.2, 0.25) is 0 Å². The number of aromatic nitrogens is 3. The summed E-state index contributed by atoms with van der Waals surface area (Å²) >= 11 is 1.46. The van der Waals surface area contributed by atoms with E-state index in [4.69, 9.17) is 4.42 Å². The Bertz CT molecular complexity index is 1070. The standard InChI is InChI=1S/C21H23N5O3S/c1-14-7-4-5-9-16(14)17-23-24-20(26(17)13-15-8-6-11-29-15)30-12-10-25-18(27)21(2,3)22-19(25)28/h4-9,11H,10,12-13H2,1-3H3,(H,22,28). The van der Waals surface area contributed by atoms with Gasteiger partial charge in [-0.1, -0.05) is 36.0 Å². The van der Waals surface area contributed by atoms with E-state index in [0.717, 1.165) is 22.7 Å². The van der Waals surface area contributed by atoms with Crippen LogP contribution in [0.25, 0.3) is 11.4 Å². The van der Waals surface area contributed by atoms with Crippen LogP contribution < -0.4 is 5.32 Å². The van der Waals surface area contributed by atoms with E-state index in [1.54, 1.807) is 20.1 Å². The number of nitrogens with zero attached hydrogens (tertiary/aromatic N) is 4. The maximum Gasteiger partial charge on any atom is 0.325 e. The zero-order valence-electron chi connectivity index (χ0n) is 17.1. The third kappa shape index (κ3) is 3.85. The first kappa shape index (κ1) is 20.2. The smallest absolute Gasteiger partial charge is 0.325 e. The van der Waals surface area contributed by atoms with E-state index in [1.807, 2.05) is 47.9 Å². The number of nitrogens with one attached hydrogen (secondary N) is 1. The lowest BCUT2D eigenvalue weighted by Crippen LogP contribution is -2.40. The van der Waals surface area contributed by atoms with Gasteiger partial charge in [-0.2, -0.15) is 0 Å². The number of imide groups is 1. The van der Waals surface area contributed by atoms with Gasteiger partial charge in [-0.3, -0.25) is 14.3 Å². The van der Waals surface area contributed by atoms with Crippen LogP contribution in [0, 0.1) is 6.92 Å². The minimum Gasteiger partial charge on any atom is -0.467 e. The molecular weight excluding hydrogens is 402 g/mol. The molecule has 0 aliphatic carbocycles. The normalized spacial score (nSPS) is 15.6. The van der Waals surface area contributed by atoms with Gasteiger partial charge in [0.15, 0.2) is 11.0 Å². The van der Waals surface area contributed by atoms with Crippen LogP contribution in [0.5, 0.6) is 0 Å². The van der Waals surface area contributed by atoms with E-state index < -0.39 is 5.54 Å². The molecule has 1 aliphatic rings. The van der Waals surface area contributed by atoms with Crippen molar-refractivity contribution in [3.05, 3.63) is 54.0 Å². The number of thioether (sulfide) groups is 1. The number of hydrogen-bond donors (Lipinski definition) is 1. The minimum absolute atomic E-state index is 0.217. The Kier molecular flexibility index (Phi) is 5.38. The van der Waals surface area contributed by atoms with Crippen LogP contribution in [-0.2, 0) is 11.3 Å². The van der Waals surface area contributed by atoms with Crippen molar-refractivity contribution in [1.29, 1.82) is 0 Å². The second-order valence-corrected chi connectivity index (χ2v) is 8.71. The van der Waals surface area contributed by atoms with Crippen LogP contribution in [0.15, 0.2) is 52.2 Å². The highest BCUT2D eigenvalue weighted by Crippen LogP contribution is 2.28. The first-order valence-electron chi connectivity index (χ1n) is 9.65. The lowest BCUT2D eigenvalue weighted by Gasteiger charge is -2.15. The predicted octanol–water partition coefficient (Wildman–Crippen LogP) is 3.32. The van der Waals surface area contributed by atoms with Crippen molar-refractivity contribution in [2.24, 2.45) is 0 Å². The summed E-state index contributed by atoms with van der Waals surface area (Å²) in [5, 5.41) is 12.2. The van der Waals surface area contributed by atoms with Crippen LogP contribution in [0.1, 0.15) is 25.2 Å². The summed E-state index contributed by atoms with van der Waals surface area (Å²) in [5.41, 5.74) is 1.24. The van der Waals surface area contributed by atoms with Crippen molar-refractivity contribution in [2.75, 3.05) is 12.3 Å². The molecule has 0 unspecified atom stereocenters. The molecule has 3 heterocycles. The number of amides is 3. The van der Waals surface area contributed by atoms with Crippen molar-refractivity contribution in [3.63, 3.8) is 0 Å².